The van der Waals surface area contributed by atoms with E-state index in [1.54, 1.807) is 12.1 Å². The summed E-state index contributed by atoms with van der Waals surface area (Å²) in [6.45, 7) is 0.603. The van der Waals surface area contributed by atoms with E-state index in [4.69, 9.17) is 5.73 Å². The first-order valence-corrected chi connectivity index (χ1v) is 5.22. The molecule has 0 fully saturated rings. The Balaban J connectivity index is 2.36. The Morgan fingerprint density at radius 3 is 2.62 bits per heavy atom. The zero-order valence-electron chi connectivity index (χ0n) is 9.22. The summed E-state index contributed by atoms with van der Waals surface area (Å²) in [5.41, 5.74) is 7.48. The average molecular weight is 217 g/mol. The first-order chi connectivity index (χ1) is 7.70. The highest BCUT2D eigenvalue weighted by Gasteiger charge is 2.06. The van der Waals surface area contributed by atoms with Crippen molar-refractivity contribution in [3.05, 3.63) is 36.2 Å². The number of benzene rings is 1. The van der Waals surface area contributed by atoms with Gasteiger partial charge in [-0.2, -0.15) is 0 Å². The second-order valence-corrected chi connectivity index (χ2v) is 3.75. The number of rotatable bonds is 3. The number of hydrogen-bond donors (Lipinski definition) is 2. The number of phenolic OH excluding ortho intramolecular Hbond substituents is 1. The summed E-state index contributed by atoms with van der Waals surface area (Å²) < 4.78 is 1.97. The van der Waals surface area contributed by atoms with Crippen LogP contribution in [0.5, 0.6) is 5.75 Å². The van der Waals surface area contributed by atoms with Crippen LogP contribution in [0.3, 0.4) is 0 Å². The van der Waals surface area contributed by atoms with Gasteiger partial charge in [0.05, 0.1) is 5.69 Å². The second-order valence-electron chi connectivity index (χ2n) is 3.75. The minimum atomic E-state index is 0.264. The Bertz CT molecular complexity index is 474. The Labute approximate surface area is 94.4 Å². The van der Waals surface area contributed by atoms with Crippen molar-refractivity contribution in [3.63, 3.8) is 0 Å². The molecule has 0 bridgehead atoms. The van der Waals surface area contributed by atoms with Gasteiger partial charge in [-0.05, 0) is 30.8 Å². The highest BCUT2D eigenvalue weighted by Crippen LogP contribution is 2.20. The van der Waals surface area contributed by atoms with Crippen LogP contribution in [-0.4, -0.2) is 21.2 Å². The molecule has 1 aromatic heterocycles. The van der Waals surface area contributed by atoms with E-state index < -0.39 is 0 Å². The largest absolute Gasteiger partial charge is 0.508 e. The van der Waals surface area contributed by atoms with Gasteiger partial charge in [0.15, 0.2) is 0 Å². The van der Waals surface area contributed by atoms with E-state index in [1.807, 2.05) is 29.9 Å². The quantitative estimate of drug-likeness (QED) is 0.814. The van der Waals surface area contributed by atoms with Crippen molar-refractivity contribution in [2.45, 2.75) is 6.42 Å². The molecule has 4 heteroatoms. The van der Waals surface area contributed by atoms with E-state index in [0.29, 0.717) is 6.54 Å². The Morgan fingerprint density at radius 1 is 1.31 bits per heavy atom. The van der Waals surface area contributed by atoms with Gasteiger partial charge in [0.2, 0.25) is 0 Å². The second kappa shape index (κ2) is 4.37. The van der Waals surface area contributed by atoms with Crippen molar-refractivity contribution in [2.75, 3.05) is 6.54 Å². The standard InChI is InChI=1S/C12H15N3O/c1-15-8-10(6-7-13)14-12(15)9-2-4-11(16)5-3-9/h2-5,8,16H,6-7,13H2,1H3. The topological polar surface area (TPSA) is 64.1 Å². The summed E-state index contributed by atoms with van der Waals surface area (Å²) >= 11 is 0. The number of phenols is 1. The molecule has 4 nitrogen and oxygen atoms in total. The van der Waals surface area contributed by atoms with Crippen molar-refractivity contribution in [1.29, 1.82) is 0 Å². The maximum absolute atomic E-state index is 9.22. The smallest absolute Gasteiger partial charge is 0.139 e. The number of aromatic hydroxyl groups is 1. The molecule has 1 heterocycles. The molecule has 0 radical (unpaired) electrons. The fourth-order valence-corrected chi connectivity index (χ4v) is 1.68. The maximum Gasteiger partial charge on any atom is 0.139 e. The lowest BCUT2D eigenvalue weighted by Gasteiger charge is -2.00. The SMILES string of the molecule is Cn1cc(CCN)nc1-c1ccc(O)cc1. The van der Waals surface area contributed by atoms with Gasteiger partial charge >= 0.3 is 0 Å². The van der Waals surface area contributed by atoms with Crippen molar-refractivity contribution in [3.8, 4) is 17.1 Å². The number of imidazole rings is 1. The van der Waals surface area contributed by atoms with E-state index >= 15 is 0 Å². The third kappa shape index (κ3) is 2.06. The predicted octanol–water partition coefficient (Wildman–Crippen LogP) is 1.29. The van der Waals surface area contributed by atoms with Crippen molar-refractivity contribution in [1.82, 2.24) is 9.55 Å². The number of hydrogen-bond acceptors (Lipinski definition) is 3. The zero-order valence-corrected chi connectivity index (χ0v) is 9.22. The third-order valence-corrected chi connectivity index (χ3v) is 2.45. The molecule has 0 aliphatic carbocycles. The number of nitrogens with zero attached hydrogens (tertiary/aromatic N) is 2. The molecule has 0 amide bonds. The van der Waals surface area contributed by atoms with Crippen molar-refractivity contribution in [2.24, 2.45) is 12.8 Å². The van der Waals surface area contributed by atoms with Gasteiger partial charge in [-0.15, -0.1) is 0 Å². The van der Waals surface area contributed by atoms with Crippen LogP contribution in [0.2, 0.25) is 0 Å². The van der Waals surface area contributed by atoms with Gasteiger partial charge in [0, 0.05) is 25.2 Å². The maximum atomic E-state index is 9.22. The Morgan fingerprint density at radius 2 is 2.00 bits per heavy atom. The normalized spacial score (nSPS) is 10.6. The molecule has 1 aromatic carbocycles. The lowest BCUT2D eigenvalue weighted by atomic mass is 10.2. The van der Waals surface area contributed by atoms with E-state index in [9.17, 15) is 5.11 Å². The first kappa shape index (κ1) is 10.7. The van der Waals surface area contributed by atoms with Crippen LogP contribution in [0.15, 0.2) is 30.5 Å². The van der Waals surface area contributed by atoms with Crippen LogP contribution < -0.4 is 5.73 Å². The lowest BCUT2D eigenvalue weighted by molar-refractivity contribution is 0.475. The van der Waals surface area contributed by atoms with Crippen LogP contribution in [0.1, 0.15) is 5.69 Å². The number of aromatic nitrogens is 2. The molecule has 0 aliphatic rings. The van der Waals surface area contributed by atoms with E-state index in [-0.39, 0.29) is 5.75 Å². The van der Waals surface area contributed by atoms with Crippen molar-refractivity contribution < 1.29 is 5.11 Å². The molecule has 0 saturated carbocycles. The highest BCUT2D eigenvalue weighted by atomic mass is 16.3. The van der Waals surface area contributed by atoms with Gasteiger partial charge in [0.25, 0.3) is 0 Å². The summed E-state index contributed by atoms with van der Waals surface area (Å²) in [6, 6.07) is 7.02. The van der Waals surface area contributed by atoms with Crippen LogP contribution in [-0.2, 0) is 13.5 Å². The van der Waals surface area contributed by atoms with Gasteiger partial charge in [-0.3, -0.25) is 0 Å². The summed E-state index contributed by atoms with van der Waals surface area (Å²) in [4.78, 5) is 4.50. The lowest BCUT2D eigenvalue weighted by Crippen LogP contribution is -2.02. The van der Waals surface area contributed by atoms with Gasteiger partial charge < -0.3 is 15.4 Å². The minimum Gasteiger partial charge on any atom is -0.508 e. The summed E-state index contributed by atoms with van der Waals surface area (Å²) in [7, 11) is 1.95. The number of nitrogens with two attached hydrogens (primary N) is 1. The molecule has 0 atom stereocenters. The fourth-order valence-electron chi connectivity index (χ4n) is 1.68. The molecule has 2 aromatic rings. The molecule has 3 N–H and O–H groups in total. The van der Waals surface area contributed by atoms with Crippen molar-refractivity contribution >= 4 is 0 Å². The summed E-state index contributed by atoms with van der Waals surface area (Å²) in [5.74, 6) is 1.16. The van der Waals surface area contributed by atoms with Crippen LogP contribution in [0.4, 0.5) is 0 Å². The fraction of sp³-hybridized carbons (Fsp3) is 0.250. The van der Waals surface area contributed by atoms with Crippen LogP contribution in [0.25, 0.3) is 11.4 Å². The molecule has 2 rings (SSSR count). The summed E-state index contributed by atoms with van der Waals surface area (Å²) in [5, 5.41) is 9.22. The highest BCUT2D eigenvalue weighted by molar-refractivity contribution is 5.57. The molecular weight excluding hydrogens is 202 g/mol. The zero-order chi connectivity index (χ0) is 11.5. The summed E-state index contributed by atoms with van der Waals surface area (Å²) in [6.07, 6.45) is 2.76. The molecule has 0 saturated heterocycles. The Hall–Kier alpha value is -1.81. The number of aryl methyl sites for hydroxylation is 1. The van der Waals surface area contributed by atoms with E-state index in [2.05, 4.69) is 4.98 Å². The third-order valence-electron chi connectivity index (χ3n) is 2.45. The molecule has 0 aliphatic heterocycles. The van der Waals surface area contributed by atoms with Gasteiger partial charge in [0.1, 0.15) is 11.6 Å². The Kier molecular flexibility index (Phi) is 2.92. The van der Waals surface area contributed by atoms with Gasteiger partial charge in [-0.1, -0.05) is 0 Å². The molecule has 16 heavy (non-hydrogen) atoms. The van der Waals surface area contributed by atoms with Crippen LogP contribution in [0, 0.1) is 0 Å². The van der Waals surface area contributed by atoms with Gasteiger partial charge in [-0.25, -0.2) is 4.98 Å². The molecular formula is C12H15N3O. The molecule has 0 spiro atoms. The van der Waals surface area contributed by atoms with E-state index in [1.165, 1.54) is 0 Å². The van der Waals surface area contributed by atoms with Crippen LogP contribution >= 0.6 is 0 Å². The monoisotopic (exact) mass is 217 g/mol. The average Bonchev–Trinajstić information content (AvgIpc) is 2.61. The first-order valence-electron chi connectivity index (χ1n) is 5.22. The molecule has 0 unspecified atom stereocenters. The molecule has 84 valence electrons. The van der Waals surface area contributed by atoms with E-state index in [0.717, 1.165) is 23.5 Å². The predicted molar refractivity (Wildman–Crippen MR) is 63.1 cm³/mol. The minimum absolute atomic E-state index is 0.264.